The van der Waals surface area contributed by atoms with Gasteiger partial charge in [0, 0.05) is 24.9 Å². The molecular formula is C13H22N2O4. The van der Waals surface area contributed by atoms with Crippen LogP contribution < -0.4 is 5.32 Å². The van der Waals surface area contributed by atoms with Crippen LogP contribution in [0, 0.1) is 5.41 Å². The van der Waals surface area contributed by atoms with E-state index in [1.807, 2.05) is 20.8 Å². The van der Waals surface area contributed by atoms with Crippen LogP contribution in [-0.4, -0.2) is 53.3 Å². The first-order chi connectivity index (χ1) is 8.76. The maximum atomic E-state index is 12.0. The van der Waals surface area contributed by atoms with Gasteiger partial charge < -0.3 is 20.1 Å². The highest BCUT2D eigenvalue weighted by Crippen LogP contribution is 2.41. The van der Waals surface area contributed by atoms with Crippen LogP contribution in [0.3, 0.4) is 0 Å². The molecule has 2 heterocycles. The smallest absolute Gasteiger partial charge is 0.410 e. The van der Waals surface area contributed by atoms with Gasteiger partial charge in [-0.05, 0) is 27.2 Å². The van der Waals surface area contributed by atoms with Crippen LogP contribution in [0.25, 0.3) is 0 Å². The van der Waals surface area contributed by atoms with Crippen molar-refractivity contribution in [3.63, 3.8) is 0 Å². The summed E-state index contributed by atoms with van der Waals surface area (Å²) in [6, 6.07) is -0.257. The van der Waals surface area contributed by atoms with Crippen molar-refractivity contribution in [3.8, 4) is 0 Å². The monoisotopic (exact) mass is 270 g/mol. The summed E-state index contributed by atoms with van der Waals surface area (Å²) in [5.74, 6) is -0.0508. The number of nitrogens with zero attached hydrogens (tertiary/aromatic N) is 1. The topological polar surface area (TPSA) is 78.9 Å². The summed E-state index contributed by atoms with van der Waals surface area (Å²) in [4.78, 5) is 25.2. The Bertz CT molecular complexity index is 391. The molecule has 19 heavy (non-hydrogen) atoms. The Kier molecular flexibility index (Phi) is 3.47. The molecule has 2 fully saturated rings. The number of hydrogen-bond acceptors (Lipinski definition) is 4. The molecule has 0 aliphatic carbocycles. The molecule has 0 aromatic carbocycles. The summed E-state index contributed by atoms with van der Waals surface area (Å²) < 4.78 is 5.34. The predicted octanol–water partition coefficient (Wildman–Crippen LogP) is 0.494. The molecule has 2 aliphatic rings. The van der Waals surface area contributed by atoms with Crippen molar-refractivity contribution in [1.82, 2.24) is 10.2 Å². The van der Waals surface area contributed by atoms with Gasteiger partial charge in [-0.15, -0.1) is 0 Å². The number of likely N-dealkylation sites (tertiary alicyclic amines) is 1. The summed E-state index contributed by atoms with van der Waals surface area (Å²) in [6.45, 7) is 6.43. The first-order valence-corrected chi connectivity index (χ1v) is 6.64. The third-order valence-electron chi connectivity index (χ3n) is 3.81. The van der Waals surface area contributed by atoms with E-state index < -0.39 is 5.60 Å². The van der Waals surface area contributed by atoms with Gasteiger partial charge in [-0.1, -0.05) is 0 Å². The van der Waals surface area contributed by atoms with E-state index in [0.717, 1.165) is 6.42 Å². The predicted molar refractivity (Wildman–Crippen MR) is 68.5 cm³/mol. The zero-order valence-electron chi connectivity index (χ0n) is 11.7. The number of carbonyl (C=O) groups is 2. The molecule has 0 radical (unpaired) electrons. The normalized spacial score (nSPS) is 30.8. The quantitative estimate of drug-likeness (QED) is 0.727. The van der Waals surface area contributed by atoms with Crippen molar-refractivity contribution in [2.75, 3.05) is 19.7 Å². The standard InChI is InChI=1S/C13H22N2O4/c1-12(2,3)19-11(18)15-5-4-13(8-15)6-10(17)14-9(13)7-16/h9,16H,4-8H2,1-3H3,(H,14,17). The number of aliphatic hydroxyl groups excluding tert-OH is 1. The van der Waals surface area contributed by atoms with E-state index in [-0.39, 0.29) is 30.1 Å². The average Bonchev–Trinajstić information content (AvgIpc) is 2.81. The molecule has 108 valence electrons. The molecule has 2 N–H and O–H groups in total. The lowest BCUT2D eigenvalue weighted by atomic mass is 9.80. The molecule has 0 bridgehead atoms. The van der Waals surface area contributed by atoms with E-state index in [0.29, 0.717) is 19.5 Å². The van der Waals surface area contributed by atoms with Crippen LogP contribution in [0.15, 0.2) is 0 Å². The average molecular weight is 270 g/mol. The molecule has 2 unspecified atom stereocenters. The van der Waals surface area contributed by atoms with E-state index in [1.165, 1.54) is 0 Å². The lowest BCUT2D eigenvalue weighted by molar-refractivity contribution is -0.119. The third kappa shape index (κ3) is 2.83. The Morgan fingerprint density at radius 2 is 2.26 bits per heavy atom. The van der Waals surface area contributed by atoms with Crippen molar-refractivity contribution in [2.45, 2.75) is 45.3 Å². The minimum atomic E-state index is -0.521. The zero-order valence-corrected chi connectivity index (χ0v) is 11.7. The van der Waals surface area contributed by atoms with Crippen LogP contribution in [0.4, 0.5) is 4.79 Å². The second-order valence-corrected chi connectivity index (χ2v) is 6.49. The van der Waals surface area contributed by atoms with Gasteiger partial charge in [-0.3, -0.25) is 4.79 Å². The lowest BCUT2D eigenvalue weighted by Crippen LogP contribution is -2.43. The maximum Gasteiger partial charge on any atom is 0.410 e. The molecule has 2 saturated heterocycles. The van der Waals surface area contributed by atoms with E-state index in [9.17, 15) is 14.7 Å². The summed E-state index contributed by atoms with van der Waals surface area (Å²) in [6.07, 6.45) is 0.744. The molecule has 0 saturated carbocycles. The fourth-order valence-corrected chi connectivity index (χ4v) is 2.89. The minimum Gasteiger partial charge on any atom is -0.444 e. The second kappa shape index (κ2) is 4.67. The molecular weight excluding hydrogens is 248 g/mol. The van der Waals surface area contributed by atoms with E-state index >= 15 is 0 Å². The number of rotatable bonds is 1. The summed E-state index contributed by atoms with van der Waals surface area (Å²) in [5, 5.41) is 12.1. The Balaban J connectivity index is 2.03. The van der Waals surface area contributed by atoms with Gasteiger partial charge in [-0.2, -0.15) is 0 Å². The lowest BCUT2D eigenvalue weighted by Gasteiger charge is -2.29. The largest absolute Gasteiger partial charge is 0.444 e. The van der Waals surface area contributed by atoms with Gasteiger partial charge in [0.1, 0.15) is 5.60 Å². The Morgan fingerprint density at radius 1 is 1.58 bits per heavy atom. The van der Waals surface area contributed by atoms with Crippen molar-refractivity contribution in [1.29, 1.82) is 0 Å². The highest BCUT2D eigenvalue weighted by atomic mass is 16.6. The minimum absolute atomic E-state index is 0.0508. The number of aliphatic hydroxyl groups is 1. The summed E-state index contributed by atoms with van der Waals surface area (Å²) in [7, 11) is 0. The fourth-order valence-electron chi connectivity index (χ4n) is 2.89. The molecule has 2 rings (SSSR count). The number of carbonyl (C=O) groups excluding carboxylic acids is 2. The molecule has 2 atom stereocenters. The molecule has 2 amide bonds. The van der Waals surface area contributed by atoms with E-state index in [1.54, 1.807) is 4.90 Å². The van der Waals surface area contributed by atoms with Crippen molar-refractivity contribution >= 4 is 12.0 Å². The second-order valence-electron chi connectivity index (χ2n) is 6.49. The summed E-state index contributed by atoms with van der Waals surface area (Å²) in [5.41, 5.74) is -0.851. The molecule has 6 heteroatoms. The van der Waals surface area contributed by atoms with Gasteiger partial charge in [-0.25, -0.2) is 4.79 Å². The van der Waals surface area contributed by atoms with Gasteiger partial charge in [0.2, 0.25) is 5.91 Å². The number of ether oxygens (including phenoxy) is 1. The van der Waals surface area contributed by atoms with Crippen LogP contribution in [0.2, 0.25) is 0 Å². The molecule has 0 aromatic heterocycles. The van der Waals surface area contributed by atoms with Gasteiger partial charge in [0.05, 0.1) is 12.6 Å². The molecule has 2 aliphatic heterocycles. The summed E-state index contributed by atoms with van der Waals surface area (Å²) >= 11 is 0. The van der Waals surface area contributed by atoms with E-state index in [2.05, 4.69) is 5.32 Å². The van der Waals surface area contributed by atoms with Gasteiger partial charge in [0.25, 0.3) is 0 Å². The zero-order chi connectivity index (χ0) is 14.3. The van der Waals surface area contributed by atoms with E-state index in [4.69, 9.17) is 4.74 Å². The van der Waals surface area contributed by atoms with Crippen LogP contribution in [-0.2, 0) is 9.53 Å². The van der Waals surface area contributed by atoms with Crippen LogP contribution >= 0.6 is 0 Å². The molecule has 0 aromatic rings. The van der Waals surface area contributed by atoms with Crippen molar-refractivity contribution in [3.05, 3.63) is 0 Å². The maximum absolute atomic E-state index is 12.0. The highest BCUT2D eigenvalue weighted by Gasteiger charge is 2.51. The Hall–Kier alpha value is -1.30. The molecule has 1 spiro atoms. The van der Waals surface area contributed by atoms with Crippen LogP contribution in [0.1, 0.15) is 33.6 Å². The first-order valence-electron chi connectivity index (χ1n) is 6.64. The number of amides is 2. The van der Waals surface area contributed by atoms with Gasteiger partial charge >= 0.3 is 6.09 Å². The van der Waals surface area contributed by atoms with Crippen molar-refractivity contribution < 1.29 is 19.4 Å². The van der Waals surface area contributed by atoms with Crippen molar-refractivity contribution in [2.24, 2.45) is 5.41 Å². The number of nitrogens with one attached hydrogen (secondary N) is 1. The van der Waals surface area contributed by atoms with Crippen LogP contribution in [0.5, 0.6) is 0 Å². The van der Waals surface area contributed by atoms with Gasteiger partial charge in [0.15, 0.2) is 0 Å². The Labute approximate surface area is 113 Å². The highest BCUT2D eigenvalue weighted by molar-refractivity contribution is 5.80. The number of hydrogen-bond donors (Lipinski definition) is 2. The third-order valence-corrected chi connectivity index (χ3v) is 3.81. The Morgan fingerprint density at radius 3 is 2.84 bits per heavy atom. The fraction of sp³-hybridized carbons (Fsp3) is 0.846. The SMILES string of the molecule is CC(C)(C)OC(=O)N1CCC2(CC(=O)NC2CO)C1. The molecule has 6 nitrogen and oxygen atoms in total. The first kappa shape index (κ1) is 14.1.